The molecule has 0 aromatic rings. The predicted octanol–water partition coefficient (Wildman–Crippen LogP) is 2.08. The molecule has 110 valence electrons. The number of hydrogen-bond acceptors (Lipinski definition) is 3. The molecule has 0 spiro atoms. The highest BCUT2D eigenvalue weighted by Gasteiger charge is 2.40. The topological polar surface area (TPSA) is 18.5 Å². The minimum Gasteiger partial charge on any atom is -0.312 e. The molecule has 2 bridgehead atoms. The maximum Gasteiger partial charge on any atom is 0.0327 e. The summed E-state index contributed by atoms with van der Waals surface area (Å²) in [5.74, 6) is 0. The van der Waals surface area contributed by atoms with Gasteiger partial charge in [-0.05, 0) is 59.7 Å². The van der Waals surface area contributed by atoms with Gasteiger partial charge in [-0.3, -0.25) is 0 Å². The summed E-state index contributed by atoms with van der Waals surface area (Å²) in [7, 11) is 6.87. The van der Waals surface area contributed by atoms with Crippen molar-refractivity contribution in [1.29, 1.82) is 0 Å². The van der Waals surface area contributed by atoms with E-state index in [9.17, 15) is 0 Å². The maximum atomic E-state index is 3.94. The first-order valence-electron chi connectivity index (χ1n) is 8.23. The molecular weight excluding hydrogens is 234 g/mol. The van der Waals surface area contributed by atoms with Crippen LogP contribution in [0.2, 0.25) is 0 Å². The molecule has 0 radical (unpaired) electrons. The Hall–Kier alpha value is -0.120. The Morgan fingerprint density at radius 2 is 1.68 bits per heavy atom. The van der Waals surface area contributed by atoms with Crippen LogP contribution in [0.4, 0.5) is 0 Å². The second kappa shape index (κ2) is 5.34. The fourth-order valence-corrected chi connectivity index (χ4v) is 4.73. The van der Waals surface area contributed by atoms with Crippen LogP contribution in [-0.2, 0) is 0 Å². The smallest absolute Gasteiger partial charge is 0.0327 e. The van der Waals surface area contributed by atoms with Crippen molar-refractivity contribution in [2.45, 2.75) is 75.0 Å². The highest BCUT2D eigenvalue weighted by Crippen LogP contribution is 2.36. The molecule has 0 amide bonds. The Balaban J connectivity index is 1.55. The van der Waals surface area contributed by atoms with Gasteiger partial charge in [0.15, 0.2) is 0 Å². The molecule has 3 fully saturated rings. The summed E-state index contributed by atoms with van der Waals surface area (Å²) in [6.07, 6.45) is 11.2. The van der Waals surface area contributed by atoms with Crippen LogP contribution in [0.15, 0.2) is 0 Å². The van der Waals surface area contributed by atoms with Gasteiger partial charge in [0.25, 0.3) is 0 Å². The Bertz CT molecular complexity index is 295. The molecule has 2 saturated heterocycles. The Labute approximate surface area is 118 Å². The zero-order chi connectivity index (χ0) is 13.5. The summed E-state index contributed by atoms with van der Waals surface area (Å²) in [6.45, 7) is 1.20. The molecule has 2 atom stereocenters. The first-order valence-corrected chi connectivity index (χ1v) is 8.23. The van der Waals surface area contributed by atoms with E-state index in [4.69, 9.17) is 0 Å². The maximum absolute atomic E-state index is 3.94. The van der Waals surface area contributed by atoms with Crippen molar-refractivity contribution in [3.05, 3.63) is 0 Å². The summed E-state index contributed by atoms with van der Waals surface area (Å²) in [4.78, 5) is 5.12. The zero-order valence-electron chi connectivity index (χ0n) is 13.0. The number of nitrogens with one attached hydrogen (secondary N) is 1. The highest BCUT2D eigenvalue weighted by molar-refractivity contribution is 4.99. The number of rotatable bonds is 4. The standard InChI is InChI=1S/C16H31N3/c1-18(2)16(8-4-5-9-16)12-17-13-10-14-6-7-15(11-13)19(14)3/h13-15,17H,4-12H2,1-3H3. The Morgan fingerprint density at radius 1 is 1.11 bits per heavy atom. The van der Waals surface area contributed by atoms with E-state index in [0.29, 0.717) is 5.54 Å². The van der Waals surface area contributed by atoms with Crippen molar-refractivity contribution in [2.75, 3.05) is 27.7 Å². The molecule has 0 aromatic heterocycles. The Morgan fingerprint density at radius 3 is 2.21 bits per heavy atom. The van der Waals surface area contributed by atoms with Gasteiger partial charge in [0, 0.05) is 30.2 Å². The molecule has 1 aliphatic carbocycles. The van der Waals surface area contributed by atoms with E-state index in [2.05, 4.69) is 36.3 Å². The molecule has 2 aliphatic heterocycles. The van der Waals surface area contributed by atoms with E-state index in [1.165, 1.54) is 57.9 Å². The summed E-state index contributed by atoms with van der Waals surface area (Å²) >= 11 is 0. The molecule has 3 rings (SSSR count). The Kier molecular flexibility index (Phi) is 3.89. The SMILES string of the molecule is CN1C2CCC1CC(NCC1(N(C)C)CCCC1)C2. The van der Waals surface area contributed by atoms with Gasteiger partial charge in [-0.15, -0.1) is 0 Å². The molecule has 19 heavy (non-hydrogen) atoms. The van der Waals surface area contributed by atoms with Crippen LogP contribution in [0.25, 0.3) is 0 Å². The van der Waals surface area contributed by atoms with E-state index < -0.39 is 0 Å². The molecule has 2 unspecified atom stereocenters. The molecule has 3 aliphatic rings. The van der Waals surface area contributed by atoms with Crippen LogP contribution in [0.1, 0.15) is 51.4 Å². The van der Waals surface area contributed by atoms with Gasteiger partial charge in [0.05, 0.1) is 0 Å². The lowest BCUT2D eigenvalue weighted by molar-refractivity contribution is 0.118. The van der Waals surface area contributed by atoms with Crippen LogP contribution in [0.5, 0.6) is 0 Å². The van der Waals surface area contributed by atoms with Crippen LogP contribution in [0, 0.1) is 0 Å². The summed E-state index contributed by atoms with van der Waals surface area (Å²) in [6, 6.07) is 2.48. The zero-order valence-corrected chi connectivity index (χ0v) is 13.0. The van der Waals surface area contributed by atoms with Gasteiger partial charge in [0.1, 0.15) is 0 Å². The summed E-state index contributed by atoms with van der Waals surface area (Å²) in [5, 5.41) is 3.94. The molecule has 0 aromatic carbocycles. The number of fused-ring (bicyclic) bond motifs is 2. The van der Waals surface area contributed by atoms with Crippen molar-refractivity contribution in [2.24, 2.45) is 0 Å². The highest BCUT2D eigenvalue weighted by atomic mass is 15.2. The van der Waals surface area contributed by atoms with Gasteiger partial charge in [-0.1, -0.05) is 12.8 Å². The first-order chi connectivity index (χ1) is 9.11. The van der Waals surface area contributed by atoms with Gasteiger partial charge in [-0.2, -0.15) is 0 Å². The number of nitrogens with zero attached hydrogens (tertiary/aromatic N) is 2. The second-order valence-corrected chi connectivity index (χ2v) is 7.43. The predicted molar refractivity (Wildman–Crippen MR) is 80.5 cm³/mol. The third-order valence-corrected chi connectivity index (χ3v) is 6.30. The first kappa shape index (κ1) is 13.8. The van der Waals surface area contributed by atoms with Crippen LogP contribution in [-0.4, -0.2) is 61.2 Å². The molecule has 1 N–H and O–H groups in total. The molecule has 2 heterocycles. The third-order valence-electron chi connectivity index (χ3n) is 6.30. The van der Waals surface area contributed by atoms with Gasteiger partial charge in [0.2, 0.25) is 0 Å². The molecular formula is C16H31N3. The third kappa shape index (κ3) is 2.57. The van der Waals surface area contributed by atoms with Gasteiger partial charge in [-0.25, -0.2) is 0 Å². The minimum absolute atomic E-state index is 0.447. The summed E-state index contributed by atoms with van der Waals surface area (Å²) < 4.78 is 0. The average molecular weight is 265 g/mol. The fraction of sp³-hybridized carbons (Fsp3) is 1.00. The van der Waals surface area contributed by atoms with Crippen LogP contribution >= 0.6 is 0 Å². The monoisotopic (exact) mass is 265 g/mol. The number of hydrogen-bond donors (Lipinski definition) is 1. The average Bonchev–Trinajstić information content (AvgIpc) is 2.92. The molecule has 1 saturated carbocycles. The second-order valence-electron chi connectivity index (χ2n) is 7.43. The van der Waals surface area contributed by atoms with E-state index in [0.717, 1.165) is 18.1 Å². The van der Waals surface area contributed by atoms with E-state index in [1.54, 1.807) is 0 Å². The van der Waals surface area contributed by atoms with E-state index >= 15 is 0 Å². The van der Waals surface area contributed by atoms with E-state index in [1.807, 2.05) is 0 Å². The van der Waals surface area contributed by atoms with Gasteiger partial charge < -0.3 is 15.1 Å². The lowest BCUT2D eigenvalue weighted by Gasteiger charge is -2.41. The minimum atomic E-state index is 0.447. The van der Waals surface area contributed by atoms with Crippen molar-refractivity contribution in [3.63, 3.8) is 0 Å². The fourth-order valence-electron chi connectivity index (χ4n) is 4.73. The quantitative estimate of drug-likeness (QED) is 0.839. The lowest BCUT2D eigenvalue weighted by Crippen LogP contribution is -2.54. The number of likely N-dealkylation sites (N-methyl/N-ethyl adjacent to an activating group) is 1. The molecule has 3 nitrogen and oxygen atoms in total. The van der Waals surface area contributed by atoms with Crippen molar-refractivity contribution in [3.8, 4) is 0 Å². The number of piperidine rings is 1. The van der Waals surface area contributed by atoms with Crippen LogP contribution in [0.3, 0.4) is 0 Å². The van der Waals surface area contributed by atoms with Crippen molar-refractivity contribution >= 4 is 0 Å². The lowest BCUT2D eigenvalue weighted by atomic mass is 9.93. The van der Waals surface area contributed by atoms with Gasteiger partial charge >= 0.3 is 0 Å². The molecule has 3 heteroatoms. The summed E-state index contributed by atoms with van der Waals surface area (Å²) in [5.41, 5.74) is 0.447. The van der Waals surface area contributed by atoms with E-state index in [-0.39, 0.29) is 0 Å². The van der Waals surface area contributed by atoms with Crippen LogP contribution < -0.4 is 5.32 Å². The normalized spacial score (nSPS) is 38.2. The largest absolute Gasteiger partial charge is 0.312 e. The van der Waals surface area contributed by atoms with Crippen molar-refractivity contribution < 1.29 is 0 Å². The van der Waals surface area contributed by atoms with Crippen molar-refractivity contribution in [1.82, 2.24) is 15.1 Å².